The van der Waals surface area contributed by atoms with E-state index in [1.165, 1.54) is 25.9 Å². The van der Waals surface area contributed by atoms with Gasteiger partial charge in [0.1, 0.15) is 5.76 Å². The molecule has 1 aliphatic rings. The van der Waals surface area contributed by atoms with E-state index in [4.69, 9.17) is 4.42 Å². The Balaban J connectivity index is 1.91. The number of likely N-dealkylation sites (tertiary alicyclic amines) is 1. The summed E-state index contributed by atoms with van der Waals surface area (Å²) >= 11 is 0. The van der Waals surface area contributed by atoms with Gasteiger partial charge in [-0.05, 0) is 58.2 Å². The lowest BCUT2D eigenvalue weighted by Crippen LogP contribution is -2.44. The van der Waals surface area contributed by atoms with Gasteiger partial charge in [-0.25, -0.2) is 0 Å². The minimum Gasteiger partial charge on any atom is -0.468 e. The Kier molecular flexibility index (Phi) is 6.07. The number of hydrogen-bond acceptors (Lipinski definition) is 4. The number of nitrogens with one attached hydrogen (secondary N) is 1. The van der Waals surface area contributed by atoms with Gasteiger partial charge in [0.25, 0.3) is 0 Å². The Labute approximate surface area is 123 Å². The number of rotatable bonds is 7. The summed E-state index contributed by atoms with van der Waals surface area (Å²) in [4.78, 5) is 4.87. The Bertz CT molecular complexity index is 354. The Hall–Kier alpha value is -0.840. The molecule has 0 radical (unpaired) electrons. The van der Waals surface area contributed by atoms with Crippen molar-refractivity contribution in [2.75, 3.05) is 39.8 Å². The van der Waals surface area contributed by atoms with Crippen molar-refractivity contribution >= 4 is 0 Å². The average molecular weight is 279 g/mol. The van der Waals surface area contributed by atoms with Crippen LogP contribution in [0.15, 0.2) is 22.8 Å². The van der Waals surface area contributed by atoms with Gasteiger partial charge in [0.15, 0.2) is 0 Å². The lowest BCUT2D eigenvalue weighted by Gasteiger charge is -2.33. The molecule has 4 heteroatoms. The van der Waals surface area contributed by atoms with Gasteiger partial charge in [-0.15, -0.1) is 0 Å². The maximum absolute atomic E-state index is 5.65. The zero-order chi connectivity index (χ0) is 14.4. The molecule has 1 N–H and O–H groups in total. The van der Waals surface area contributed by atoms with E-state index in [1.54, 1.807) is 6.26 Å². The van der Waals surface area contributed by atoms with Crippen LogP contribution in [-0.2, 0) is 0 Å². The first-order chi connectivity index (χ1) is 9.74. The Morgan fingerprint density at radius 2 is 2.05 bits per heavy atom. The topological polar surface area (TPSA) is 31.6 Å². The zero-order valence-electron chi connectivity index (χ0n) is 13.1. The van der Waals surface area contributed by atoms with E-state index < -0.39 is 0 Å². The van der Waals surface area contributed by atoms with Crippen LogP contribution in [0.2, 0.25) is 0 Å². The van der Waals surface area contributed by atoms with Crippen molar-refractivity contribution in [3.63, 3.8) is 0 Å². The van der Waals surface area contributed by atoms with E-state index >= 15 is 0 Å². The van der Waals surface area contributed by atoms with Crippen molar-refractivity contribution in [2.45, 2.75) is 38.8 Å². The third kappa shape index (κ3) is 4.08. The third-order valence-corrected chi connectivity index (χ3v) is 4.44. The van der Waals surface area contributed by atoms with Gasteiger partial charge in [-0.1, -0.05) is 13.8 Å². The van der Waals surface area contributed by atoms with Crippen LogP contribution in [0.25, 0.3) is 0 Å². The highest BCUT2D eigenvalue weighted by Gasteiger charge is 2.23. The van der Waals surface area contributed by atoms with E-state index in [1.807, 2.05) is 6.07 Å². The van der Waals surface area contributed by atoms with Crippen LogP contribution in [0.1, 0.15) is 38.5 Å². The monoisotopic (exact) mass is 279 g/mol. The first-order valence-corrected chi connectivity index (χ1v) is 7.94. The second-order valence-corrected chi connectivity index (χ2v) is 5.74. The molecule has 1 aromatic heterocycles. The van der Waals surface area contributed by atoms with Crippen LogP contribution in [0.3, 0.4) is 0 Å². The summed E-state index contributed by atoms with van der Waals surface area (Å²) in [6.45, 7) is 9.92. The summed E-state index contributed by atoms with van der Waals surface area (Å²) in [5, 5.41) is 3.75. The van der Waals surface area contributed by atoms with E-state index in [0.29, 0.717) is 12.1 Å². The summed E-state index contributed by atoms with van der Waals surface area (Å²) < 4.78 is 5.65. The number of furan rings is 1. The Morgan fingerprint density at radius 3 is 2.60 bits per heavy atom. The minimum absolute atomic E-state index is 0.347. The molecule has 1 fully saturated rings. The van der Waals surface area contributed by atoms with Crippen molar-refractivity contribution in [1.82, 2.24) is 15.1 Å². The standard InChI is InChI=1S/C16H29N3O/c1-4-19(5-2)15(16-7-6-12-20-16)13-17-14-8-10-18(3)11-9-14/h6-7,12,14-15,17H,4-5,8-11,13H2,1-3H3. The molecule has 1 saturated heterocycles. The fourth-order valence-electron chi connectivity index (χ4n) is 3.05. The maximum atomic E-state index is 5.65. The highest BCUT2D eigenvalue weighted by molar-refractivity contribution is 5.05. The van der Waals surface area contributed by atoms with Crippen LogP contribution in [0.4, 0.5) is 0 Å². The number of likely N-dealkylation sites (N-methyl/N-ethyl adjacent to an activating group) is 1. The molecule has 0 aromatic carbocycles. The zero-order valence-corrected chi connectivity index (χ0v) is 13.1. The molecule has 0 aliphatic carbocycles. The molecule has 1 unspecified atom stereocenters. The second-order valence-electron chi connectivity index (χ2n) is 5.74. The fraction of sp³-hybridized carbons (Fsp3) is 0.750. The molecule has 0 spiro atoms. The van der Waals surface area contributed by atoms with Crippen LogP contribution >= 0.6 is 0 Å². The largest absolute Gasteiger partial charge is 0.468 e. The van der Waals surface area contributed by atoms with Gasteiger partial charge in [0, 0.05) is 12.6 Å². The number of nitrogens with zero attached hydrogens (tertiary/aromatic N) is 2. The molecule has 4 nitrogen and oxygen atoms in total. The molecule has 20 heavy (non-hydrogen) atoms. The van der Waals surface area contributed by atoms with Crippen LogP contribution in [0.5, 0.6) is 0 Å². The van der Waals surface area contributed by atoms with Gasteiger partial charge in [0.2, 0.25) is 0 Å². The van der Waals surface area contributed by atoms with Crippen LogP contribution in [-0.4, -0.2) is 55.6 Å². The van der Waals surface area contributed by atoms with Gasteiger partial charge in [0.05, 0.1) is 12.3 Å². The molecule has 1 aliphatic heterocycles. The highest BCUT2D eigenvalue weighted by atomic mass is 16.3. The van der Waals surface area contributed by atoms with Crippen molar-refractivity contribution in [2.24, 2.45) is 0 Å². The number of hydrogen-bond donors (Lipinski definition) is 1. The van der Waals surface area contributed by atoms with Gasteiger partial charge in [-0.3, -0.25) is 4.90 Å². The van der Waals surface area contributed by atoms with Gasteiger partial charge >= 0.3 is 0 Å². The van der Waals surface area contributed by atoms with E-state index in [9.17, 15) is 0 Å². The lowest BCUT2D eigenvalue weighted by atomic mass is 10.0. The molecule has 1 atom stereocenters. The molecule has 2 rings (SSSR count). The van der Waals surface area contributed by atoms with E-state index in [2.05, 4.69) is 42.1 Å². The lowest BCUT2D eigenvalue weighted by molar-refractivity contribution is 0.171. The molecule has 2 heterocycles. The molecule has 114 valence electrons. The van der Waals surface area contributed by atoms with Crippen molar-refractivity contribution in [3.05, 3.63) is 24.2 Å². The van der Waals surface area contributed by atoms with Gasteiger partial charge in [-0.2, -0.15) is 0 Å². The summed E-state index contributed by atoms with van der Waals surface area (Å²) in [7, 11) is 2.21. The average Bonchev–Trinajstić information content (AvgIpc) is 2.99. The third-order valence-electron chi connectivity index (χ3n) is 4.44. The smallest absolute Gasteiger partial charge is 0.122 e. The van der Waals surface area contributed by atoms with Crippen LogP contribution < -0.4 is 5.32 Å². The SMILES string of the molecule is CCN(CC)C(CNC1CCN(C)CC1)c1ccco1. The normalized spacial score (nSPS) is 19.6. The summed E-state index contributed by atoms with van der Waals surface area (Å²) in [5.41, 5.74) is 0. The first kappa shape index (κ1) is 15.5. The molecule has 0 amide bonds. The van der Waals surface area contributed by atoms with Crippen molar-refractivity contribution in [3.8, 4) is 0 Å². The number of piperidine rings is 1. The second kappa shape index (κ2) is 7.81. The summed E-state index contributed by atoms with van der Waals surface area (Å²) in [5.74, 6) is 1.08. The minimum atomic E-state index is 0.347. The summed E-state index contributed by atoms with van der Waals surface area (Å²) in [6, 6.07) is 5.08. The summed E-state index contributed by atoms with van der Waals surface area (Å²) in [6.07, 6.45) is 4.28. The van der Waals surface area contributed by atoms with E-state index in [0.717, 1.165) is 25.4 Å². The fourth-order valence-corrected chi connectivity index (χ4v) is 3.05. The van der Waals surface area contributed by atoms with E-state index in [-0.39, 0.29) is 0 Å². The molecule has 0 bridgehead atoms. The molecule has 0 saturated carbocycles. The van der Waals surface area contributed by atoms with Gasteiger partial charge < -0.3 is 14.6 Å². The molecular weight excluding hydrogens is 250 g/mol. The molecule has 1 aromatic rings. The predicted octanol–water partition coefficient (Wildman–Crippen LogP) is 2.35. The van der Waals surface area contributed by atoms with Crippen molar-refractivity contribution < 1.29 is 4.42 Å². The Morgan fingerprint density at radius 1 is 1.35 bits per heavy atom. The first-order valence-electron chi connectivity index (χ1n) is 7.94. The molecular formula is C16H29N3O. The van der Waals surface area contributed by atoms with Crippen molar-refractivity contribution in [1.29, 1.82) is 0 Å². The quantitative estimate of drug-likeness (QED) is 0.830. The predicted molar refractivity (Wildman–Crippen MR) is 82.9 cm³/mol. The maximum Gasteiger partial charge on any atom is 0.122 e. The van der Waals surface area contributed by atoms with Crippen LogP contribution in [0, 0.1) is 0 Å². The highest BCUT2D eigenvalue weighted by Crippen LogP contribution is 2.21.